The molecule has 1 amide bonds. The molecule has 1 unspecified atom stereocenters. The van der Waals surface area contributed by atoms with Gasteiger partial charge in [0.25, 0.3) is 11.6 Å². The third-order valence-corrected chi connectivity index (χ3v) is 4.00. The van der Waals surface area contributed by atoms with Gasteiger partial charge in [0, 0.05) is 27.3 Å². The van der Waals surface area contributed by atoms with Gasteiger partial charge in [-0.05, 0) is 18.2 Å². The van der Waals surface area contributed by atoms with E-state index in [0.29, 0.717) is 38.4 Å². The summed E-state index contributed by atoms with van der Waals surface area (Å²) in [6, 6.07) is 4.96. The lowest BCUT2D eigenvalue weighted by Crippen LogP contribution is -2.03. The Kier molecular flexibility index (Phi) is 4.66. The highest BCUT2D eigenvalue weighted by atomic mass is 31.0. The van der Waals surface area contributed by atoms with E-state index in [-0.39, 0.29) is 18.2 Å². The molecular weight excluding hydrogens is 341 g/mol. The van der Waals surface area contributed by atoms with Crippen LogP contribution in [0.3, 0.4) is 0 Å². The van der Waals surface area contributed by atoms with Gasteiger partial charge >= 0.3 is 0 Å². The van der Waals surface area contributed by atoms with Gasteiger partial charge in [0.1, 0.15) is 17.9 Å². The van der Waals surface area contributed by atoms with Crippen molar-refractivity contribution in [3.8, 4) is 17.6 Å². The molecular formula is C17H15N3O4P+. The first-order valence-electron chi connectivity index (χ1n) is 7.30. The van der Waals surface area contributed by atoms with Gasteiger partial charge in [-0.15, -0.1) is 0 Å². The van der Waals surface area contributed by atoms with Gasteiger partial charge in [0.15, 0.2) is 0 Å². The number of fused-ring (bicyclic) bond motifs is 1. The monoisotopic (exact) mass is 356 g/mol. The first-order valence-corrected chi connectivity index (χ1v) is 7.82. The molecule has 0 bridgehead atoms. The lowest BCUT2D eigenvalue weighted by Gasteiger charge is -2.04. The predicted molar refractivity (Wildman–Crippen MR) is 97.2 cm³/mol. The van der Waals surface area contributed by atoms with Crippen LogP contribution in [0.2, 0.25) is 0 Å². The molecule has 7 nitrogen and oxygen atoms in total. The number of aliphatic hydroxyl groups excluding tert-OH is 1. The fourth-order valence-electron chi connectivity index (χ4n) is 2.66. The van der Waals surface area contributed by atoms with Crippen LogP contribution in [0.4, 0.5) is 11.4 Å². The summed E-state index contributed by atoms with van der Waals surface area (Å²) in [5, 5.41) is 11.8. The van der Waals surface area contributed by atoms with Crippen molar-refractivity contribution in [2.45, 2.75) is 0 Å². The van der Waals surface area contributed by atoms with Gasteiger partial charge in [-0.3, -0.25) is 4.79 Å². The first kappa shape index (κ1) is 16.9. The molecule has 2 heterocycles. The van der Waals surface area contributed by atoms with E-state index in [2.05, 4.69) is 22.1 Å². The molecule has 3 N–H and O–H groups in total. The van der Waals surface area contributed by atoms with Crippen LogP contribution in [0.15, 0.2) is 24.4 Å². The molecule has 0 fully saturated rings. The number of nitrogens with zero attached hydrogens (tertiary/aromatic N) is 1. The number of ether oxygens (including phenoxy) is 1. The third-order valence-electron chi connectivity index (χ3n) is 3.72. The van der Waals surface area contributed by atoms with Crippen LogP contribution < -0.4 is 10.1 Å². The average Bonchev–Trinajstić information content (AvgIpc) is 3.17. The maximum atomic E-state index is 12.4. The number of carbonyl (C=O) groups is 1. The Bertz CT molecular complexity index is 966. The van der Waals surface area contributed by atoms with Crippen LogP contribution in [0, 0.1) is 16.7 Å². The van der Waals surface area contributed by atoms with Crippen LogP contribution >= 0.6 is 9.39 Å². The quantitative estimate of drug-likeness (QED) is 0.446. The van der Waals surface area contributed by atoms with E-state index >= 15 is 0 Å². The van der Waals surface area contributed by atoms with E-state index in [0.717, 1.165) is 0 Å². The van der Waals surface area contributed by atoms with E-state index < -0.39 is 0 Å². The molecule has 3 rings (SSSR count). The number of nitrogens with one attached hydrogen (secondary N) is 2. The largest absolute Gasteiger partial charge is 0.495 e. The van der Waals surface area contributed by atoms with Gasteiger partial charge in [-0.25, -0.2) is 0 Å². The molecule has 2 aromatic rings. The minimum atomic E-state index is -0.357. The molecule has 25 heavy (non-hydrogen) atoms. The molecule has 1 aliphatic heterocycles. The van der Waals surface area contributed by atoms with Crippen molar-refractivity contribution >= 4 is 38.3 Å². The Labute approximate surface area is 145 Å². The van der Waals surface area contributed by atoms with Gasteiger partial charge in [0.05, 0.1) is 24.1 Å². The maximum Gasteiger partial charge on any atom is 0.272 e. The fourth-order valence-corrected chi connectivity index (χ4v) is 2.87. The Morgan fingerprint density at radius 3 is 2.88 bits per heavy atom. The zero-order valence-electron chi connectivity index (χ0n) is 13.3. The number of rotatable bonds is 3. The van der Waals surface area contributed by atoms with Crippen molar-refractivity contribution in [2.24, 2.45) is 0 Å². The number of nitroso groups, excluding NO2 is 1. The maximum absolute atomic E-state index is 12.4. The number of H-pyrrole nitrogens is 1. The van der Waals surface area contributed by atoms with Crippen molar-refractivity contribution in [1.29, 1.82) is 0 Å². The number of hydrogen-bond acceptors (Lipinski definition) is 4. The highest BCUT2D eigenvalue weighted by Gasteiger charge is 2.31. The minimum Gasteiger partial charge on any atom is -0.495 e. The van der Waals surface area contributed by atoms with Crippen molar-refractivity contribution in [3.05, 3.63) is 46.1 Å². The Balaban J connectivity index is 2.26. The highest BCUT2D eigenvalue weighted by molar-refractivity contribution is 7.08. The average molecular weight is 356 g/mol. The molecule has 0 spiro atoms. The SMILES string of the molecule is COc1cc[nH]c1/C=C1\C(=O)Nc2ccc([N+](=O)P)c(C#CCO)c21. The molecule has 0 saturated heterocycles. The van der Waals surface area contributed by atoms with Crippen LogP contribution in [-0.4, -0.2) is 34.2 Å². The van der Waals surface area contributed by atoms with Crippen LogP contribution in [0.1, 0.15) is 16.8 Å². The number of carbonyl (C=O) groups excluding carboxylic acids is 1. The summed E-state index contributed by atoms with van der Waals surface area (Å²) in [5.41, 5.74) is 2.70. The molecule has 0 aliphatic carbocycles. The smallest absolute Gasteiger partial charge is 0.272 e. The second-order valence-electron chi connectivity index (χ2n) is 5.14. The van der Waals surface area contributed by atoms with Crippen LogP contribution in [-0.2, 0) is 4.79 Å². The number of aliphatic hydroxyl groups is 1. The van der Waals surface area contributed by atoms with E-state index in [4.69, 9.17) is 9.84 Å². The lowest BCUT2D eigenvalue weighted by molar-refractivity contribution is -0.270. The summed E-state index contributed by atoms with van der Waals surface area (Å²) in [6.07, 6.45) is 3.34. The van der Waals surface area contributed by atoms with E-state index in [1.165, 1.54) is 7.11 Å². The molecule has 1 aliphatic rings. The van der Waals surface area contributed by atoms with Gasteiger partial charge in [0.2, 0.25) is 9.39 Å². The zero-order chi connectivity index (χ0) is 18.0. The molecule has 0 radical (unpaired) electrons. The van der Waals surface area contributed by atoms with E-state index in [9.17, 15) is 9.70 Å². The third kappa shape index (κ3) is 3.05. The number of methoxy groups -OCH3 is 1. The Morgan fingerprint density at radius 1 is 1.40 bits per heavy atom. The molecule has 8 heteroatoms. The second kappa shape index (κ2) is 6.89. The van der Waals surface area contributed by atoms with E-state index in [1.54, 1.807) is 30.5 Å². The van der Waals surface area contributed by atoms with Crippen molar-refractivity contribution in [2.75, 3.05) is 19.0 Å². The van der Waals surface area contributed by atoms with Gasteiger partial charge < -0.3 is 20.1 Å². The number of benzene rings is 1. The summed E-state index contributed by atoms with van der Waals surface area (Å²) in [4.78, 5) is 27.3. The normalized spacial score (nSPS) is 13.9. The molecule has 1 aromatic carbocycles. The van der Waals surface area contributed by atoms with Crippen LogP contribution in [0.25, 0.3) is 11.6 Å². The lowest BCUT2D eigenvalue weighted by atomic mass is 9.98. The Morgan fingerprint density at radius 2 is 2.20 bits per heavy atom. The molecule has 1 aromatic heterocycles. The Hall–Kier alpha value is -2.94. The second-order valence-corrected chi connectivity index (χ2v) is 5.61. The molecule has 0 saturated carbocycles. The number of hydrogen-bond donors (Lipinski definition) is 3. The van der Waals surface area contributed by atoms with Crippen molar-refractivity contribution in [1.82, 2.24) is 4.98 Å². The topological polar surface area (TPSA) is 94.4 Å². The molecule has 1 atom stereocenters. The first-order chi connectivity index (χ1) is 12.1. The minimum absolute atomic E-state index is 0.283. The van der Waals surface area contributed by atoms with Gasteiger partial charge in [-0.2, -0.15) is 0 Å². The van der Waals surface area contributed by atoms with E-state index in [1.807, 2.05) is 9.39 Å². The molecule has 126 valence electrons. The zero-order valence-corrected chi connectivity index (χ0v) is 14.4. The van der Waals surface area contributed by atoms with Crippen molar-refractivity contribution in [3.63, 3.8) is 0 Å². The highest BCUT2D eigenvalue weighted by Crippen LogP contribution is 2.40. The predicted octanol–water partition coefficient (Wildman–Crippen LogP) is 2.06. The number of aromatic nitrogens is 1. The fraction of sp³-hybridized carbons (Fsp3) is 0.118. The summed E-state index contributed by atoms with van der Waals surface area (Å²) < 4.78 is 5.84. The standard InChI is InChI=1S/C17H14N3O4P/c1-24-15-6-7-18-13(15)9-11-16-10(3-2-8-21)14(20(23)25)5-4-12(16)19-17(11)22/h4-7,9,21H,8,25H2,1H3,(H-,18,19,22,23)/p+1. The summed E-state index contributed by atoms with van der Waals surface area (Å²) in [5.74, 6) is 5.59. The summed E-state index contributed by atoms with van der Waals surface area (Å²) in [6.45, 7) is -0.357. The number of aromatic amines is 1. The number of amides is 1. The van der Waals surface area contributed by atoms with Crippen LogP contribution in [0.5, 0.6) is 5.75 Å². The van der Waals surface area contributed by atoms with Gasteiger partial charge in [-0.1, -0.05) is 11.8 Å². The van der Waals surface area contributed by atoms with Crippen molar-refractivity contribution < 1.29 is 19.2 Å². The number of anilines is 1. The summed E-state index contributed by atoms with van der Waals surface area (Å²) >= 11 is 0. The summed E-state index contributed by atoms with van der Waals surface area (Å²) in [7, 11) is 3.55.